The lowest BCUT2D eigenvalue weighted by molar-refractivity contribution is 0.0616. The maximum atomic E-state index is 13.9. The summed E-state index contributed by atoms with van der Waals surface area (Å²) in [4.78, 5) is 16.4. The molecule has 0 aliphatic carbocycles. The van der Waals surface area contributed by atoms with E-state index in [1.165, 1.54) is 18.2 Å². The van der Waals surface area contributed by atoms with Crippen molar-refractivity contribution in [1.29, 1.82) is 0 Å². The summed E-state index contributed by atoms with van der Waals surface area (Å²) in [5.74, 6) is 0.712. The Morgan fingerprint density at radius 2 is 1.74 bits per heavy atom. The van der Waals surface area contributed by atoms with E-state index in [0.717, 1.165) is 31.1 Å². The summed E-state index contributed by atoms with van der Waals surface area (Å²) in [5.41, 5.74) is 0.0655. The van der Waals surface area contributed by atoms with Gasteiger partial charge in [-0.05, 0) is 42.5 Å². The Morgan fingerprint density at radius 1 is 1.07 bits per heavy atom. The van der Waals surface area contributed by atoms with Crippen molar-refractivity contribution < 1.29 is 18.7 Å². The van der Waals surface area contributed by atoms with Gasteiger partial charge >= 0.3 is 0 Å². The van der Waals surface area contributed by atoms with Crippen LogP contribution < -0.4 is 9.47 Å². The Hall–Kier alpha value is -2.31. The van der Waals surface area contributed by atoms with Gasteiger partial charge < -0.3 is 14.4 Å². The summed E-state index contributed by atoms with van der Waals surface area (Å²) in [6, 6.07) is 11.6. The van der Waals surface area contributed by atoms with Gasteiger partial charge in [0.05, 0.1) is 12.7 Å². The van der Waals surface area contributed by atoms with Crippen LogP contribution >= 0.6 is 11.6 Å². The number of amides is 1. The van der Waals surface area contributed by atoms with Gasteiger partial charge in [0.1, 0.15) is 23.9 Å². The zero-order valence-electron chi connectivity index (χ0n) is 15.2. The molecule has 1 aliphatic heterocycles. The smallest absolute Gasteiger partial charge is 0.256 e. The zero-order chi connectivity index (χ0) is 19.2. The van der Waals surface area contributed by atoms with Crippen molar-refractivity contribution in [3.8, 4) is 11.5 Å². The molecule has 2 aromatic rings. The molecule has 0 N–H and O–H groups in total. The molecule has 3 rings (SSSR count). The van der Waals surface area contributed by atoms with E-state index in [4.69, 9.17) is 21.1 Å². The molecule has 1 saturated heterocycles. The average molecular weight is 393 g/mol. The topological polar surface area (TPSA) is 42.0 Å². The third-order valence-corrected chi connectivity index (χ3v) is 4.79. The highest BCUT2D eigenvalue weighted by atomic mass is 35.5. The van der Waals surface area contributed by atoms with Gasteiger partial charge in [-0.2, -0.15) is 0 Å². The van der Waals surface area contributed by atoms with Gasteiger partial charge in [0.2, 0.25) is 0 Å². The second-order valence-corrected chi connectivity index (χ2v) is 6.72. The van der Waals surface area contributed by atoms with Gasteiger partial charge in [0.25, 0.3) is 5.91 Å². The number of piperazine rings is 1. The van der Waals surface area contributed by atoms with Crippen LogP contribution in [0.3, 0.4) is 0 Å². The van der Waals surface area contributed by atoms with Gasteiger partial charge in [0, 0.05) is 37.7 Å². The van der Waals surface area contributed by atoms with Gasteiger partial charge in [-0.25, -0.2) is 4.39 Å². The highest BCUT2D eigenvalue weighted by Crippen LogP contribution is 2.18. The monoisotopic (exact) mass is 392 g/mol. The Labute approximate surface area is 163 Å². The minimum Gasteiger partial charge on any atom is -0.497 e. The van der Waals surface area contributed by atoms with E-state index in [0.29, 0.717) is 19.7 Å². The van der Waals surface area contributed by atoms with Crippen LogP contribution in [0.25, 0.3) is 0 Å². The largest absolute Gasteiger partial charge is 0.497 e. The maximum absolute atomic E-state index is 13.9. The van der Waals surface area contributed by atoms with Crippen molar-refractivity contribution in [1.82, 2.24) is 9.80 Å². The Kier molecular flexibility index (Phi) is 6.53. The van der Waals surface area contributed by atoms with Gasteiger partial charge in [0.15, 0.2) is 0 Å². The van der Waals surface area contributed by atoms with Crippen LogP contribution in [0.2, 0.25) is 5.02 Å². The van der Waals surface area contributed by atoms with Crippen molar-refractivity contribution in [3.05, 3.63) is 58.9 Å². The molecule has 2 aromatic carbocycles. The molecule has 0 atom stereocenters. The number of hydrogen-bond donors (Lipinski definition) is 0. The first kappa shape index (κ1) is 19.5. The lowest BCUT2D eigenvalue weighted by Gasteiger charge is -2.34. The van der Waals surface area contributed by atoms with Crippen LogP contribution in [0.5, 0.6) is 11.5 Å². The number of halogens is 2. The summed E-state index contributed by atoms with van der Waals surface area (Å²) in [5, 5.41) is 0.283. The number of nitrogens with zero attached hydrogens (tertiary/aromatic N) is 2. The molecule has 1 amide bonds. The molecule has 1 aliphatic rings. The summed E-state index contributed by atoms with van der Waals surface area (Å²) in [7, 11) is 1.63. The van der Waals surface area contributed by atoms with Crippen molar-refractivity contribution in [2.75, 3.05) is 46.4 Å². The fraction of sp³-hybridized carbons (Fsp3) is 0.350. The van der Waals surface area contributed by atoms with Crippen molar-refractivity contribution >= 4 is 17.5 Å². The van der Waals surface area contributed by atoms with Gasteiger partial charge in [-0.15, -0.1) is 0 Å². The molecule has 0 aromatic heterocycles. The first-order chi connectivity index (χ1) is 13.1. The van der Waals surface area contributed by atoms with E-state index in [1.807, 2.05) is 24.3 Å². The van der Waals surface area contributed by atoms with E-state index < -0.39 is 5.82 Å². The number of carbonyl (C=O) groups excluding carboxylic acids is 1. The Bertz CT molecular complexity index is 777. The summed E-state index contributed by atoms with van der Waals surface area (Å²) in [6.45, 7) is 3.90. The molecule has 0 radical (unpaired) electrons. The fourth-order valence-electron chi connectivity index (χ4n) is 2.97. The van der Waals surface area contributed by atoms with Crippen molar-refractivity contribution in [2.45, 2.75) is 0 Å². The van der Waals surface area contributed by atoms with E-state index >= 15 is 0 Å². The minimum absolute atomic E-state index is 0.0655. The number of methoxy groups -OCH3 is 1. The molecule has 1 fully saturated rings. The number of ether oxygens (including phenoxy) is 2. The molecule has 5 nitrogen and oxygen atoms in total. The molecule has 27 heavy (non-hydrogen) atoms. The Balaban J connectivity index is 1.43. The molecule has 144 valence electrons. The second-order valence-electron chi connectivity index (χ2n) is 6.28. The summed E-state index contributed by atoms with van der Waals surface area (Å²) >= 11 is 5.74. The molecule has 7 heteroatoms. The number of rotatable bonds is 6. The molecule has 1 heterocycles. The first-order valence-corrected chi connectivity index (χ1v) is 9.18. The van der Waals surface area contributed by atoms with Crippen LogP contribution in [-0.4, -0.2) is 62.1 Å². The van der Waals surface area contributed by atoms with Crippen molar-refractivity contribution in [3.63, 3.8) is 0 Å². The van der Waals surface area contributed by atoms with Crippen LogP contribution in [0.15, 0.2) is 42.5 Å². The zero-order valence-corrected chi connectivity index (χ0v) is 15.9. The lowest BCUT2D eigenvalue weighted by Crippen LogP contribution is -2.49. The SMILES string of the molecule is COc1ccc(OCCN2CCN(C(=O)c3ccc(Cl)cc3F)CC2)cc1. The van der Waals surface area contributed by atoms with Gasteiger partial charge in [-0.1, -0.05) is 11.6 Å². The average Bonchev–Trinajstić information content (AvgIpc) is 2.68. The summed E-state index contributed by atoms with van der Waals surface area (Å²) < 4.78 is 24.8. The molecule has 0 saturated carbocycles. The highest BCUT2D eigenvalue weighted by Gasteiger charge is 2.24. The van der Waals surface area contributed by atoms with Gasteiger partial charge in [-0.3, -0.25) is 9.69 Å². The first-order valence-electron chi connectivity index (χ1n) is 8.80. The summed E-state index contributed by atoms with van der Waals surface area (Å²) in [6.07, 6.45) is 0. The van der Waals surface area contributed by atoms with Crippen molar-refractivity contribution in [2.24, 2.45) is 0 Å². The Morgan fingerprint density at radius 3 is 2.37 bits per heavy atom. The molecular formula is C20H22ClFN2O3. The lowest BCUT2D eigenvalue weighted by atomic mass is 10.1. The van der Waals surface area contributed by atoms with E-state index in [1.54, 1.807) is 12.0 Å². The van der Waals surface area contributed by atoms with Crippen LogP contribution in [-0.2, 0) is 0 Å². The van der Waals surface area contributed by atoms with Crippen LogP contribution in [0, 0.1) is 5.82 Å². The number of hydrogen-bond acceptors (Lipinski definition) is 4. The van der Waals surface area contributed by atoms with Crippen LogP contribution in [0.4, 0.5) is 4.39 Å². The predicted molar refractivity (Wildman–Crippen MR) is 102 cm³/mol. The maximum Gasteiger partial charge on any atom is 0.256 e. The third-order valence-electron chi connectivity index (χ3n) is 4.56. The standard InChI is InChI=1S/C20H22ClFN2O3/c1-26-16-3-5-17(6-4-16)27-13-12-23-8-10-24(11-9-23)20(25)18-7-2-15(21)14-19(18)22/h2-7,14H,8-13H2,1H3. The molecule has 0 bridgehead atoms. The third kappa shape index (κ3) is 5.11. The molecule has 0 spiro atoms. The number of carbonyl (C=O) groups is 1. The fourth-order valence-corrected chi connectivity index (χ4v) is 3.13. The van der Waals surface area contributed by atoms with E-state index in [9.17, 15) is 9.18 Å². The highest BCUT2D eigenvalue weighted by molar-refractivity contribution is 6.30. The molecular weight excluding hydrogens is 371 g/mol. The normalized spacial score (nSPS) is 14.9. The quantitative estimate of drug-likeness (QED) is 0.756. The second kappa shape index (κ2) is 9.06. The minimum atomic E-state index is -0.581. The predicted octanol–water partition coefficient (Wildman–Crippen LogP) is 3.32. The number of benzene rings is 2. The van der Waals surface area contributed by atoms with E-state index in [-0.39, 0.29) is 16.5 Å². The van der Waals surface area contributed by atoms with Crippen LogP contribution in [0.1, 0.15) is 10.4 Å². The molecule has 0 unspecified atom stereocenters. The van der Waals surface area contributed by atoms with E-state index in [2.05, 4.69) is 4.90 Å².